The third kappa shape index (κ3) is 3.73. The van der Waals surface area contributed by atoms with Crippen LogP contribution in [0, 0.1) is 12.7 Å². The van der Waals surface area contributed by atoms with E-state index in [9.17, 15) is 26.0 Å². The van der Waals surface area contributed by atoms with Crippen molar-refractivity contribution in [2.45, 2.75) is 18.0 Å². The van der Waals surface area contributed by atoms with E-state index in [2.05, 4.69) is 14.4 Å². The van der Waals surface area contributed by atoms with Gasteiger partial charge in [-0.2, -0.15) is 13.2 Å². The molecule has 1 aromatic carbocycles. The minimum atomic E-state index is -4.68. The van der Waals surface area contributed by atoms with E-state index in [-0.39, 0.29) is 21.2 Å². The summed E-state index contributed by atoms with van der Waals surface area (Å²) in [7, 11) is -4.01. The molecule has 26 heavy (non-hydrogen) atoms. The molecule has 0 radical (unpaired) electrons. The summed E-state index contributed by atoms with van der Waals surface area (Å²) < 4.78 is 82.2. The summed E-state index contributed by atoms with van der Waals surface area (Å²) in [5, 5.41) is 3.34. The van der Waals surface area contributed by atoms with E-state index in [1.807, 2.05) is 0 Å². The van der Waals surface area contributed by atoms with Gasteiger partial charge in [-0.25, -0.2) is 12.8 Å². The first-order valence-electron chi connectivity index (χ1n) is 6.99. The number of rotatable bonds is 4. The van der Waals surface area contributed by atoms with Crippen LogP contribution in [0.3, 0.4) is 0 Å². The van der Waals surface area contributed by atoms with Crippen LogP contribution in [0.4, 0.5) is 23.2 Å². The lowest BCUT2D eigenvalue weighted by molar-refractivity contribution is -0.155. The van der Waals surface area contributed by atoms with Gasteiger partial charge in [0.05, 0.1) is 4.88 Å². The fraction of sp³-hybridized carbons (Fsp3) is 0.133. The number of aromatic nitrogens is 1. The smallest absolute Gasteiger partial charge is 0.351 e. The Kier molecular flexibility index (Phi) is 4.53. The second-order valence-corrected chi connectivity index (χ2v) is 8.12. The number of benzene rings is 1. The normalized spacial score (nSPS) is 12.3. The number of nitrogens with zero attached hydrogens (tertiary/aromatic N) is 1. The SMILES string of the molecule is Cc1sc(-c2cc(C(F)(F)F)on2)cc1S(=O)(=O)Nc1ccc(F)cc1. The minimum Gasteiger partial charge on any atom is -0.351 e. The lowest BCUT2D eigenvalue weighted by Crippen LogP contribution is -2.13. The Labute approximate surface area is 149 Å². The van der Waals surface area contributed by atoms with Crippen molar-refractivity contribution in [1.29, 1.82) is 0 Å². The van der Waals surface area contributed by atoms with E-state index >= 15 is 0 Å². The summed E-state index contributed by atoms with van der Waals surface area (Å²) in [4.78, 5) is 0.450. The number of thiophene rings is 1. The topological polar surface area (TPSA) is 72.2 Å². The number of nitrogens with one attached hydrogen (secondary N) is 1. The molecule has 2 aromatic heterocycles. The fourth-order valence-electron chi connectivity index (χ4n) is 2.11. The van der Waals surface area contributed by atoms with E-state index in [1.54, 1.807) is 0 Å². The predicted molar refractivity (Wildman–Crippen MR) is 86.8 cm³/mol. The lowest BCUT2D eigenvalue weighted by Gasteiger charge is -2.07. The molecule has 0 aliphatic rings. The molecule has 11 heteroatoms. The third-order valence-corrected chi connectivity index (χ3v) is 6.01. The van der Waals surface area contributed by atoms with Gasteiger partial charge in [0.2, 0.25) is 5.76 Å². The number of halogens is 4. The Balaban J connectivity index is 1.92. The predicted octanol–water partition coefficient (Wildman–Crippen LogP) is 4.67. The molecule has 0 spiro atoms. The Morgan fingerprint density at radius 1 is 1.15 bits per heavy atom. The molecule has 5 nitrogen and oxygen atoms in total. The highest BCUT2D eigenvalue weighted by molar-refractivity contribution is 7.93. The van der Waals surface area contributed by atoms with Crippen LogP contribution in [0.5, 0.6) is 0 Å². The molecule has 0 amide bonds. The highest BCUT2D eigenvalue weighted by Gasteiger charge is 2.36. The van der Waals surface area contributed by atoms with Gasteiger partial charge < -0.3 is 4.52 Å². The zero-order chi connectivity index (χ0) is 19.1. The Hall–Kier alpha value is -2.40. The second-order valence-electron chi connectivity index (χ2n) is 5.22. The maximum atomic E-state index is 12.9. The Morgan fingerprint density at radius 3 is 2.38 bits per heavy atom. The van der Waals surface area contributed by atoms with E-state index in [0.717, 1.165) is 23.5 Å². The van der Waals surface area contributed by atoms with Gasteiger partial charge in [0, 0.05) is 16.6 Å². The number of hydrogen-bond acceptors (Lipinski definition) is 5. The standard InChI is InChI=1S/C15H10F4N2O3S2/c1-8-13(26(22,23)21-10-4-2-9(16)3-5-10)7-12(25-8)11-6-14(24-20-11)15(17,18)19/h2-7,21H,1H3. The summed E-state index contributed by atoms with van der Waals surface area (Å²) in [6, 6.07) is 6.61. The Morgan fingerprint density at radius 2 is 1.81 bits per heavy atom. The molecule has 0 saturated carbocycles. The summed E-state index contributed by atoms with van der Waals surface area (Å²) in [6.45, 7) is 1.51. The van der Waals surface area contributed by atoms with Gasteiger partial charge in [-0.15, -0.1) is 11.3 Å². The molecule has 3 rings (SSSR count). The zero-order valence-electron chi connectivity index (χ0n) is 13.0. The monoisotopic (exact) mass is 406 g/mol. The number of hydrogen-bond donors (Lipinski definition) is 1. The van der Waals surface area contributed by atoms with E-state index in [1.165, 1.54) is 25.1 Å². The van der Waals surface area contributed by atoms with Gasteiger partial charge in [-0.1, -0.05) is 5.16 Å². The number of alkyl halides is 3. The van der Waals surface area contributed by atoms with Crippen molar-refractivity contribution in [2.75, 3.05) is 4.72 Å². The van der Waals surface area contributed by atoms with Gasteiger partial charge in [0.15, 0.2) is 0 Å². The van der Waals surface area contributed by atoms with Crippen molar-refractivity contribution in [3.05, 3.63) is 52.9 Å². The van der Waals surface area contributed by atoms with Crippen molar-refractivity contribution in [3.8, 4) is 10.6 Å². The lowest BCUT2D eigenvalue weighted by atomic mass is 10.3. The summed E-state index contributed by atoms with van der Waals surface area (Å²) >= 11 is 0.962. The first-order chi connectivity index (χ1) is 12.1. The van der Waals surface area contributed by atoms with Crippen LogP contribution in [-0.4, -0.2) is 13.6 Å². The van der Waals surface area contributed by atoms with E-state index in [0.29, 0.717) is 10.9 Å². The van der Waals surface area contributed by atoms with Crippen LogP contribution in [0.2, 0.25) is 0 Å². The fourth-order valence-corrected chi connectivity index (χ4v) is 4.71. The van der Waals surface area contributed by atoms with Crippen LogP contribution in [0.25, 0.3) is 10.6 Å². The van der Waals surface area contributed by atoms with Crippen LogP contribution in [0.1, 0.15) is 10.6 Å². The van der Waals surface area contributed by atoms with Gasteiger partial charge in [-0.3, -0.25) is 4.72 Å². The summed E-state index contributed by atoms with van der Waals surface area (Å²) in [5.74, 6) is -1.79. The molecule has 0 saturated heterocycles. The van der Waals surface area contributed by atoms with Crippen molar-refractivity contribution in [3.63, 3.8) is 0 Å². The van der Waals surface area contributed by atoms with Crippen molar-refractivity contribution < 1.29 is 30.5 Å². The minimum absolute atomic E-state index is 0.113. The van der Waals surface area contributed by atoms with E-state index < -0.39 is 27.8 Å². The van der Waals surface area contributed by atoms with Gasteiger partial charge in [0.25, 0.3) is 10.0 Å². The van der Waals surface area contributed by atoms with Crippen molar-refractivity contribution >= 4 is 27.0 Å². The summed E-state index contributed by atoms with van der Waals surface area (Å²) in [6.07, 6.45) is -4.68. The summed E-state index contributed by atoms with van der Waals surface area (Å²) in [5.41, 5.74) is 0.0352. The molecule has 0 bridgehead atoms. The highest BCUT2D eigenvalue weighted by Crippen LogP contribution is 2.37. The quantitative estimate of drug-likeness (QED) is 0.639. The number of aryl methyl sites for hydroxylation is 1. The third-order valence-electron chi connectivity index (χ3n) is 3.30. The molecule has 138 valence electrons. The molecule has 0 aliphatic heterocycles. The molecule has 0 fully saturated rings. The van der Waals surface area contributed by atoms with Crippen LogP contribution in [0.15, 0.2) is 45.8 Å². The van der Waals surface area contributed by atoms with Gasteiger partial charge >= 0.3 is 6.18 Å². The van der Waals surface area contributed by atoms with Gasteiger partial charge in [0.1, 0.15) is 16.4 Å². The molecular formula is C15H10F4N2O3S2. The highest BCUT2D eigenvalue weighted by atomic mass is 32.2. The molecule has 0 atom stereocenters. The van der Waals surface area contributed by atoms with Crippen molar-refractivity contribution in [2.24, 2.45) is 0 Å². The molecular weight excluding hydrogens is 396 g/mol. The number of sulfonamides is 1. The molecule has 2 heterocycles. The Bertz CT molecular complexity index is 1040. The number of anilines is 1. The molecule has 1 N–H and O–H groups in total. The maximum Gasteiger partial charge on any atom is 0.452 e. The van der Waals surface area contributed by atoms with Crippen molar-refractivity contribution in [1.82, 2.24) is 5.16 Å². The van der Waals surface area contributed by atoms with Crippen LogP contribution in [-0.2, 0) is 16.2 Å². The van der Waals surface area contributed by atoms with Crippen LogP contribution >= 0.6 is 11.3 Å². The first kappa shape index (κ1) is 18.4. The zero-order valence-corrected chi connectivity index (χ0v) is 14.6. The maximum absolute atomic E-state index is 12.9. The second kappa shape index (κ2) is 6.40. The molecule has 0 unspecified atom stereocenters. The average molecular weight is 406 g/mol. The molecule has 3 aromatic rings. The average Bonchev–Trinajstić information content (AvgIpc) is 3.15. The molecule has 0 aliphatic carbocycles. The first-order valence-corrected chi connectivity index (χ1v) is 9.29. The van der Waals surface area contributed by atoms with Crippen LogP contribution < -0.4 is 4.72 Å². The largest absolute Gasteiger partial charge is 0.452 e. The van der Waals surface area contributed by atoms with Gasteiger partial charge in [-0.05, 0) is 37.3 Å². The van der Waals surface area contributed by atoms with E-state index in [4.69, 9.17) is 0 Å².